The number of ether oxygens (including phenoxy) is 1. The molecular formula is C17H23N5O4. The fourth-order valence-electron chi connectivity index (χ4n) is 2.06. The Morgan fingerprint density at radius 1 is 1.27 bits per heavy atom. The second-order valence-electron chi connectivity index (χ2n) is 6.02. The van der Waals surface area contributed by atoms with Gasteiger partial charge in [0.15, 0.2) is 5.82 Å². The highest BCUT2D eigenvalue weighted by atomic mass is 16.5. The van der Waals surface area contributed by atoms with Crippen LogP contribution in [0.5, 0.6) is 0 Å². The summed E-state index contributed by atoms with van der Waals surface area (Å²) in [4.78, 5) is 27.9. The highest BCUT2D eigenvalue weighted by Crippen LogP contribution is 2.20. The summed E-state index contributed by atoms with van der Waals surface area (Å²) in [5.74, 6) is 0.785. The van der Waals surface area contributed by atoms with Crippen molar-refractivity contribution in [2.75, 3.05) is 24.4 Å². The molecule has 0 spiro atoms. The predicted octanol–water partition coefficient (Wildman–Crippen LogP) is 2.41. The van der Waals surface area contributed by atoms with Gasteiger partial charge >= 0.3 is 6.03 Å². The monoisotopic (exact) mass is 361 g/mol. The smallest absolute Gasteiger partial charge is 0.319 e. The molecule has 0 atom stereocenters. The van der Waals surface area contributed by atoms with Gasteiger partial charge < -0.3 is 25.2 Å². The number of carbonyl (C=O) groups is 2. The number of nitrogens with zero attached hydrogens (tertiary/aromatic N) is 2. The van der Waals surface area contributed by atoms with Crippen molar-refractivity contribution in [3.63, 3.8) is 0 Å². The van der Waals surface area contributed by atoms with Gasteiger partial charge in [-0.3, -0.25) is 4.79 Å². The first-order chi connectivity index (χ1) is 12.4. The molecule has 0 unspecified atom stereocenters. The number of hydrogen-bond donors (Lipinski definition) is 3. The molecule has 3 amide bonds. The highest BCUT2D eigenvalue weighted by molar-refractivity contribution is 5.94. The number of urea groups is 1. The summed E-state index contributed by atoms with van der Waals surface area (Å²) in [7, 11) is 1.44. The molecule has 2 rings (SSSR count). The molecule has 0 aliphatic rings. The van der Waals surface area contributed by atoms with E-state index in [9.17, 15) is 9.59 Å². The number of methoxy groups -OCH3 is 1. The van der Waals surface area contributed by atoms with Crippen LogP contribution in [0.3, 0.4) is 0 Å². The van der Waals surface area contributed by atoms with Gasteiger partial charge in [0.05, 0.1) is 6.54 Å². The van der Waals surface area contributed by atoms with Gasteiger partial charge in [-0.2, -0.15) is 4.98 Å². The Bertz CT molecular complexity index is 772. The van der Waals surface area contributed by atoms with Crippen molar-refractivity contribution in [2.24, 2.45) is 0 Å². The first-order valence-electron chi connectivity index (χ1n) is 8.15. The van der Waals surface area contributed by atoms with Crippen LogP contribution in [0.15, 0.2) is 22.7 Å². The highest BCUT2D eigenvalue weighted by Gasteiger charge is 2.12. The summed E-state index contributed by atoms with van der Waals surface area (Å²) in [6.45, 7) is 5.84. The fourth-order valence-corrected chi connectivity index (χ4v) is 2.06. The zero-order valence-corrected chi connectivity index (χ0v) is 15.3. The van der Waals surface area contributed by atoms with Gasteiger partial charge in [-0.25, -0.2) is 4.79 Å². The normalized spacial score (nSPS) is 10.7. The van der Waals surface area contributed by atoms with E-state index in [0.717, 1.165) is 5.56 Å². The lowest BCUT2D eigenvalue weighted by molar-refractivity contribution is -0.119. The minimum atomic E-state index is -0.413. The van der Waals surface area contributed by atoms with Crippen molar-refractivity contribution in [3.8, 4) is 0 Å². The molecule has 9 nitrogen and oxygen atoms in total. The first-order valence-corrected chi connectivity index (χ1v) is 8.15. The van der Waals surface area contributed by atoms with Gasteiger partial charge in [0.1, 0.15) is 6.61 Å². The van der Waals surface area contributed by atoms with Gasteiger partial charge in [-0.15, -0.1) is 0 Å². The molecule has 9 heteroatoms. The van der Waals surface area contributed by atoms with Gasteiger partial charge in [-0.05, 0) is 24.6 Å². The predicted molar refractivity (Wildman–Crippen MR) is 95.9 cm³/mol. The molecule has 140 valence electrons. The quantitative estimate of drug-likeness (QED) is 0.697. The standard InChI is InChI=1S/C17H23N5O4/c1-10(2)16-21-14(22-26-16)8-18-17(24)20-13-7-12(6-5-11(13)3)19-15(23)9-25-4/h5-7,10H,8-9H2,1-4H3,(H,19,23)(H2,18,20,24). The van der Waals surface area contributed by atoms with E-state index in [1.807, 2.05) is 20.8 Å². The van der Waals surface area contributed by atoms with Crippen molar-refractivity contribution in [2.45, 2.75) is 33.2 Å². The van der Waals surface area contributed by atoms with E-state index in [1.165, 1.54) is 7.11 Å². The number of carbonyl (C=O) groups excluding carboxylic acids is 2. The fraction of sp³-hybridized carbons (Fsp3) is 0.412. The van der Waals surface area contributed by atoms with E-state index in [4.69, 9.17) is 9.26 Å². The minimum absolute atomic E-state index is 0.0415. The second-order valence-corrected chi connectivity index (χ2v) is 6.02. The molecule has 2 aromatic rings. The van der Waals surface area contributed by atoms with Crippen molar-refractivity contribution in [1.82, 2.24) is 15.5 Å². The largest absolute Gasteiger partial charge is 0.375 e. The van der Waals surface area contributed by atoms with Crippen LogP contribution in [0.2, 0.25) is 0 Å². The number of rotatable bonds is 7. The van der Waals surface area contributed by atoms with Crippen LogP contribution in [0.1, 0.15) is 37.0 Å². The molecular weight excluding hydrogens is 338 g/mol. The Morgan fingerprint density at radius 3 is 2.69 bits per heavy atom. The third kappa shape index (κ3) is 5.55. The summed E-state index contributed by atoms with van der Waals surface area (Å²) >= 11 is 0. The topological polar surface area (TPSA) is 118 Å². The summed E-state index contributed by atoms with van der Waals surface area (Å²) < 4.78 is 9.86. The van der Waals surface area contributed by atoms with E-state index in [0.29, 0.717) is 23.1 Å². The number of anilines is 2. The van der Waals surface area contributed by atoms with Gasteiger partial charge in [-0.1, -0.05) is 25.1 Å². The lowest BCUT2D eigenvalue weighted by Crippen LogP contribution is -2.29. The molecule has 1 heterocycles. The number of amides is 3. The lowest BCUT2D eigenvalue weighted by Gasteiger charge is -2.12. The molecule has 0 aliphatic carbocycles. The maximum Gasteiger partial charge on any atom is 0.319 e. The van der Waals surface area contributed by atoms with Crippen LogP contribution in [0, 0.1) is 6.92 Å². The van der Waals surface area contributed by atoms with E-state index in [1.54, 1.807) is 18.2 Å². The van der Waals surface area contributed by atoms with Gasteiger partial charge in [0, 0.05) is 24.4 Å². The second kappa shape index (κ2) is 8.95. The summed E-state index contributed by atoms with van der Waals surface area (Å²) in [5.41, 5.74) is 1.99. The average Bonchev–Trinajstić information content (AvgIpc) is 3.05. The Labute approximate surface area is 151 Å². The zero-order chi connectivity index (χ0) is 19.1. The summed E-state index contributed by atoms with van der Waals surface area (Å²) in [5, 5.41) is 11.9. The lowest BCUT2D eigenvalue weighted by atomic mass is 10.2. The van der Waals surface area contributed by atoms with Crippen LogP contribution in [0.4, 0.5) is 16.2 Å². The van der Waals surface area contributed by atoms with Crippen molar-refractivity contribution in [1.29, 1.82) is 0 Å². The van der Waals surface area contributed by atoms with Crippen molar-refractivity contribution < 1.29 is 18.8 Å². The van der Waals surface area contributed by atoms with Crippen LogP contribution in [-0.2, 0) is 16.1 Å². The van der Waals surface area contributed by atoms with E-state index < -0.39 is 6.03 Å². The van der Waals surface area contributed by atoms with Crippen LogP contribution in [0.25, 0.3) is 0 Å². The van der Waals surface area contributed by atoms with Crippen LogP contribution < -0.4 is 16.0 Å². The van der Waals surface area contributed by atoms with E-state index in [-0.39, 0.29) is 25.0 Å². The van der Waals surface area contributed by atoms with E-state index >= 15 is 0 Å². The van der Waals surface area contributed by atoms with Crippen LogP contribution in [-0.4, -0.2) is 35.8 Å². The van der Waals surface area contributed by atoms with Crippen molar-refractivity contribution >= 4 is 23.3 Å². The molecule has 0 saturated carbocycles. The molecule has 0 fully saturated rings. The summed E-state index contributed by atoms with van der Waals surface area (Å²) in [6.07, 6.45) is 0. The number of aromatic nitrogens is 2. The Hall–Kier alpha value is -2.94. The number of aryl methyl sites for hydroxylation is 1. The Morgan fingerprint density at radius 2 is 2.04 bits per heavy atom. The minimum Gasteiger partial charge on any atom is -0.375 e. The Kier molecular flexibility index (Phi) is 6.67. The van der Waals surface area contributed by atoms with Crippen molar-refractivity contribution in [3.05, 3.63) is 35.5 Å². The Balaban J connectivity index is 1.93. The van der Waals surface area contributed by atoms with Gasteiger partial charge in [0.2, 0.25) is 11.8 Å². The molecule has 0 bridgehead atoms. The van der Waals surface area contributed by atoms with Crippen LogP contribution >= 0.6 is 0 Å². The number of hydrogen-bond acceptors (Lipinski definition) is 6. The van der Waals surface area contributed by atoms with Gasteiger partial charge in [0.25, 0.3) is 0 Å². The number of nitrogens with one attached hydrogen (secondary N) is 3. The molecule has 0 radical (unpaired) electrons. The summed E-state index contributed by atoms with van der Waals surface area (Å²) in [6, 6.07) is 4.81. The molecule has 1 aromatic carbocycles. The molecule has 26 heavy (non-hydrogen) atoms. The molecule has 0 aliphatic heterocycles. The maximum atomic E-state index is 12.1. The van der Waals surface area contributed by atoms with E-state index in [2.05, 4.69) is 26.1 Å². The SMILES string of the molecule is COCC(=O)Nc1ccc(C)c(NC(=O)NCc2noc(C(C)C)n2)c1. The molecule has 1 aromatic heterocycles. The average molecular weight is 361 g/mol. The maximum absolute atomic E-state index is 12.1. The third-order valence-electron chi connectivity index (χ3n) is 3.43. The molecule has 3 N–H and O–H groups in total. The molecule has 0 saturated heterocycles. The zero-order valence-electron chi connectivity index (χ0n) is 15.3. The first kappa shape index (κ1) is 19.4. The third-order valence-corrected chi connectivity index (χ3v) is 3.43. The number of benzene rings is 1.